The van der Waals surface area contributed by atoms with Crippen molar-refractivity contribution in [3.63, 3.8) is 0 Å². The average molecular weight is 458 g/mol. The molecular weight excluding hydrogens is 428 g/mol. The molecule has 0 spiro atoms. The smallest absolute Gasteiger partial charge is 0.255 e. The summed E-state index contributed by atoms with van der Waals surface area (Å²) in [5.74, 6) is -1.35. The molecule has 0 saturated carbocycles. The van der Waals surface area contributed by atoms with Crippen molar-refractivity contribution in [1.29, 1.82) is 0 Å². The molecule has 2 unspecified atom stereocenters. The van der Waals surface area contributed by atoms with Crippen LogP contribution in [0.25, 0.3) is 0 Å². The first-order valence-corrected chi connectivity index (χ1v) is 11.5. The van der Waals surface area contributed by atoms with Crippen LogP contribution in [-0.4, -0.2) is 65.5 Å². The van der Waals surface area contributed by atoms with Gasteiger partial charge in [0, 0.05) is 51.2 Å². The number of nitrogens with zero attached hydrogens (tertiary/aromatic N) is 3. The largest absolute Gasteiger partial charge is 0.368 e. The van der Waals surface area contributed by atoms with Crippen LogP contribution in [0, 0.1) is 17.6 Å². The molecule has 2 aliphatic heterocycles. The molecule has 2 amide bonds. The summed E-state index contributed by atoms with van der Waals surface area (Å²) in [6.45, 7) is 1.76. The summed E-state index contributed by atoms with van der Waals surface area (Å²) in [6, 6.07) is 6.64. The quantitative estimate of drug-likeness (QED) is 0.667. The second-order valence-corrected chi connectivity index (χ2v) is 8.83. The van der Waals surface area contributed by atoms with E-state index >= 15 is 0 Å². The molecule has 2 atom stereocenters. The third-order valence-corrected chi connectivity index (χ3v) is 6.77. The van der Waals surface area contributed by atoms with E-state index in [-0.39, 0.29) is 36.3 Å². The molecule has 8 heteroatoms. The molecule has 0 aliphatic carbocycles. The monoisotopic (exact) mass is 457 g/mol. The van der Waals surface area contributed by atoms with Crippen molar-refractivity contribution in [2.45, 2.75) is 44.2 Å². The summed E-state index contributed by atoms with van der Waals surface area (Å²) in [5.41, 5.74) is 0.820. The molecule has 33 heavy (non-hydrogen) atoms. The number of rotatable bonds is 6. The van der Waals surface area contributed by atoms with Gasteiger partial charge in [0.2, 0.25) is 0 Å². The molecule has 2 fully saturated rings. The SMILES string of the molecule is CN(C(=O)c1cccnc1)C(Cc1ccc(F)cc1F)C1CCN(C(=O)C2CCCO2)CC1. The van der Waals surface area contributed by atoms with Crippen molar-refractivity contribution in [3.8, 4) is 0 Å². The van der Waals surface area contributed by atoms with Crippen molar-refractivity contribution >= 4 is 11.8 Å². The predicted octanol–water partition coefficient (Wildman–Crippen LogP) is 3.46. The summed E-state index contributed by atoms with van der Waals surface area (Å²) >= 11 is 0. The van der Waals surface area contributed by atoms with E-state index in [1.807, 2.05) is 4.90 Å². The lowest BCUT2D eigenvalue weighted by Gasteiger charge is -2.40. The van der Waals surface area contributed by atoms with Gasteiger partial charge in [-0.05, 0) is 61.8 Å². The highest BCUT2D eigenvalue weighted by Gasteiger charge is 2.36. The Balaban J connectivity index is 1.51. The second-order valence-electron chi connectivity index (χ2n) is 8.83. The Hall–Kier alpha value is -2.87. The highest BCUT2D eigenvalue weighted by atomic mass is 19.1. The third-order valence-electron chi connectivity index (χ3n) is 6.77. The van der Waals surface area contributed by atoms with E-state index in [1.54, 1.807) is 30.3 Å². The fraction of sp³-hybridized carbons (Fsp3) is 0.480. The summed E-state index contributed by atoms with van der Waals surface area (Å²) in [6.07, 6.45) is 6.07. The zero-order valence-corrected chi connectivity index (χ0v) is 18.8. The van der Waals surface area contributed by atoms with Crippen LogP contribution in [0.2, 0.25) is 0 Å². The number of carbonyl (C=O) groups excluding carboxylic acids is 2. The highest BCUT2D eigenvalue weighted by Crippen LogP contribution is 2.29. The maximum absolute atomic E-state index is 14.5. The van der Waals surface area contributed by atoms with Crippen LogP contribution in [0.1, 0.15) is 41.6 Å². The van der Waals surface area contributed by atoms with E-state index < -0.39 is 11.6 Å². The molecule has 0 N–H and O–H groups in total. The van der Waals surface area contributed by atoms with Crippen molar-refractivity contribution < 1.29 is 23.1 Å². The maximum Gasteiger partial charge on any atom is 0.255 e. The van der Waals surface area contributed by atoms with Gasteiger partial charge in [-0.1, -0.05) is 6.07 Å². The van der Waals surface area contributed by atoms with Crippen LogP contribution in [0.3, 0.4) is 0 Å². The summed E-state index contributed by atoms with van der Waals surface area (Å²) in [4.78, 5) is 33.4. The number of halogens is 2. The Kier molecular flexibility index (Phi) is 7.33. The Morgan fingerprint density at radius 1 is 1.21 bits per heavy atom. The number of amides is 2. The van der Waals surface area contributed by atoms with E-state index in [0.29, 0.717) is 43.7 Å². The molecule has 0 bridgehead atoms. The minimum atomic E-state index is -0.631. The van der Waals surface area contributed by atoms with Crippen molar-refractivity contribution in [2.75, 3.05) is 26.7 Å². The zero-order valence-electron chi connectivity index (χ0n) is 18.8. The highest BCUT2D eigenvalue weighted by molar-refractivity contribution is 5.94. The van der Waals surface area contributed by atoms with Gasteiger partial charge < -0.3 is 14.5 Å². The van der Waals surface area contributed by atoms with E-state index in [4.69, 9.17) is 4.74 Å². The van der Waals surface area contributed by atoms with Crippen LogP contribution in [-0.2, 0) is 16.0 Å². The molecule has 3 heterocycles. The molecule has 1 aromatic carbocycles. The van der Waals surface area contributed by atoms with Crippen LogP contribution in [0.15, 0.2) is 42.7 Å². The van der Waals surface area contributed by atoms with Gasteiger partial charge in [-0.2, -0.15) is 0 Å². The first-order chi connectivity index (χ1) is 15.9. The number of carbonyl (C=O) groups is 2. The molecule has 176 valence electrons. The standard InChI is InChI=1S/C25H29F2N3O3/c1-29(24(31)19-4-2-10-28-16-19)22(14-18-6-7-20(26)15-21(18)27)17-8-11-30(12-9-17)25(32)23-5-3-13-33-23/h2,4,6-7,10,15-17,22-23H,3,5,8-9,11-14H2,1H3. The lowest BCUT2D eigenvalue weighted by molar-refractivity contribution is -0.142. The topological polar surface area (TPSA) is 62.7 Å². The van der Waals surface area contributed by atoms with Gasteiger partial charge in [-0.25, -0.2) is 8.78 Å². The number of pyridine rings is 1. The number of benzene rings is 1. The maximum atomic E-state index is 14.5. The van der Waals surface area contributed by atoms with Gasteiger partial charge in [-0.15, -0.1) is 0 Å². The van der Waals surface area contributed by atoms with Gasteiger partial charge in [0.05, 0.1) is 5.56 Å². The lowest BCUT2D eigenvalue weighted by Crippen LogP contribution is -2.50. The molecule has 2 aliphatic rings. The zero-order chi connectivity index (χ0) is 23.4. The van der Waals surface area contributed by atoms with Crippen molar-refractivity contribution in [2.24, 2.45) is 5.92 Å². The van der Waals surface area contributed by atoms with Crippen LogP contribution < -0.4 is 0 Å². The van der Waals surface area contributed by atoms with Gasteiger partial charge in [0.15, 0.2) is 0 Å². The van der Waals surface area contributed by atoms with Crippen LogP contribution >= 0.6 is 0 Å². The van der Waals surface area contributed by atoms with Gasteiger partial charge in [0.1, 0.15) is 17.7 Å². The Morgan fingerprint density at radius 3 is 2.64 bits per heavy atom. The summed E-state index contributed by atoms with van der Waals surface area (Å²) < 4.78 is 33.5. The molecule has 2 saturated heterocycles. The first kappa shape index (κ1) is 23.3. The van der Waals surface area contributed by atoms with E-state index in [0.717, 1.165) is 18.9 Å². The Labute approximate surface area is 192 Å². The number of piperidine rings is 1. The molecular formula is C25H29F2N3O3. The molecule has 2 aromatic rings. The molecule has 1 aromatic heterocycles. The number of aromatic nitrogens is 1. The van der Waals surface area contributed by atoms with E-state index in [1.165, 1.54) is 18.3 Å². The average Bonchev–Trinajstić information content (AvgIpc) is 3.38. The summed E-state index contributed by atoms with van der Waals surface area (Å²) in [5, 5.41) is 0. The van der Waals surface area contributed by atoms with Crippen molar-refractivity contribution in [1.82, 2.24) is 14.8 Å². The number of likely N-dealkylation sites (tertiary alicyclic amines) is 1. The number of ether oxygens (including phenoxy) is 1. The predicted molar refractivity (Wildman–Crippen MR) is 118 cm³/mol. The third kappa shape index (κ3) is 5.38. The fourth-order valence-corrected chi connectivity index (χ4v) is 4.86. The molecule has 4 rings (SSSR count). The van der Waals surface area contributed by atoms with Crippen LogP contribution in [0.4, 0.5) is 8.78 Å². The van der Waals surface area contributed by atoms with Gasteiger partial charge >= 0.3 is 0 Å². The Bertz CT molecular complexity index is 974. The molecule has 0 radical (unpaired) electrons. The lowest BCUT2D eigenvalue weighted by atomic mass is 9.84. The summed E-state index contributed by atoms with van der Waals surface area (Å²) in [7, 11) is 1.71. The first-order valence-electron chi connectivity index (χ1n) is 11.5. The minimum absolute atomic E-state index is 0.0341. The fourth-order valence-electron chi connectivity index (χ4n) is 4.86. The van der Waals surface area contributed by atoms with Crippen molar-refractivity contribution in [3.05, 3.63) is 65.5 Å². The minimum Gasteiger partial charge on any atom is -0.368 e. The van der Waals surface area contributed by atoms with Crippen LogP contribution in [0.5, 0.6) is 0 Å². The number of hydrogen-bond donors (Lipinski definition) is 0. The van der Waals surface area contributed by atoms with Gasteiger partial charge in [-0.3, -0.25) is 14.6 Å². The number of hydrogen-bond acceptors (Lipinski definition) is 4. The Morgan fingerprint density at radius 2 is 2.00 bits per heavy atom. The number of likely N-dealkylation sites (N-methyl/N-ethyl adjacent to an activating group) is 1. The van der Waals surface area contributed by atoms with E-state index in [9.17, 15) is 18.4 Å². The molecule has 6 nitrogen and oxygen atoms in total. The second kappa shape index (κ2) is 10.4. The van der Waals surface area contributed by atoms with Gasteiger partial charge in [0.25, 0.3) is 11.8 Å². The van der Waals surface area contributed by atoms with E-state index in [2.05, 4.69) is 4.98 Å². The normalized spacial score (nSPS) is 20.0.